The van der Waals surface area contributed by atoms with E-state index >= 15 is 0 Å². The van der Waals surface area contributed by atoms with Crippen molar-refractivity contribution in [3.05, 3.63) is 329 Å². The van der Waals surface area contributed by atoms with Gasteiger partial charge in [-0.05, 0) is 86.6 Å². The van der Waals surface area contributed by atoms with Gasteiger partial charge in [-0.25, -0.2) is 14.4 Å². The first-order valence-electron chi connectivity index (χ1n) is 36.6. The SMILES string of the molecule is COC(=O)[C@@H]1C[C@H](OC/C=C\c2ccccc2)CN1C(=O)C(c1ccccc1)c1ccccc1.COC(=O)[C@@H]1C[C@H](OC[C@@H]2C[C@@H]2c2ccccc2)CN1C(=O)C(c1ccccc1)c1ccccc1.COC(=O)[C@@H]1C[C@H](OC[C@H]2C[C@H]2c2ccccc2)CN1C(=O)C(c1ccccc1)c1ccccc1.ICI. The molecular formula is C90H93I2N3O12. The number of ether oxygens (including phenoxy) is 6. The van der Waals surface area contributed by atoms with Crippen LogP contribution < -0.4 is 0 Å². The normalized spacial score (nSPS) is 21.1. The highest BCUT2D eigenvalue weighted by Gasteiger charge is 2.48. The monoisotopic (exact) mass is 1660 g/mol. The van der Waals surface area contributed by atoms with Crippen molar-refractivity contribution >= 4 is 86.9 Å². The third kappa shape index (κ3) is 21.4. The molecule has 14 rings (SSSR count). The number of likely N-dealkylation sites (tertiary alicyclic amines) is 3. The van der Waals surface area contributed by atoms with Gasteiger partial charge >= 0.3 is 17.9 Å². The summed E-state index contributed by atoms with van der Waals surface area (Å²) < 4.78 is 35.0. The molecule has 2 aliphatic carbocycles. The molecule has 9 aromatic carbocycles. The van der Waals surface area contributed by atoms with Gasteiger partial charge in [0.25, 0.3) is 0 Å². The van der Waals surface area contributed by atoms with Crippen molar-refractivity contribution in [3.63, 3.8) is 0 Å². The third-order valence-corrected chi connectivity index (χ3v) is 20.5. The lowest BCUT2D eigenvalue weighted by Gasteiger charge is -2.28. The van der Waals surface area contributed by atoms with Gasteiger partial charge in [0.05, 0.1) is 79.6 Å². The van der Waals surface area contributed by atoms with Crippen LogP contribution in [-0.2, 0) is 57.2 Å². The Labute approximate surface area is 656 Å². The topological polar surface area (TPSA) is 168 Å². The molecule has 0 bridgehead atoms. The maximum absolute atomic E-state index is 14.0. The molecule has 3 aliphatic heterocycles. The minimum Gasteiger partial charge on any atom is -0.467 e. The van der Waals surface area contributed by atoms with E-state index in [-0.39, 0.29) is 36.0 Å². The average Bonchev–Trinajstić information content (AvgIpc) is 1.64. The maximum atomic E-state index is 14.0. The zero-order chi connectivity index (χ0) is 74.9. The molecule has 10 atom stereocenters. The molecule has 15 nitrogen and oxygen atoms in total. The van der Waals surface area contributed by atoms with Crippen LogP contribution in [0.5, 0.6) is 0 Å². The zero-order valence-electron chi connectivity index (χ0n) is 60.6. The number of methoxy groups -OCH3 is 3. The number of hydrogen-bond donors (Lipinski definition) is 0. The lowest BCUT2D eigenvalue weighted by Crippen LogP contribution is -2.43. The van der Waals surface area contributed by atoms with E-state index in [4.69, 9.17) is 28.4 Å². The molecule has 3 heterocycles. The molecule has 107 heavy (non-hydrogen) atoms. The molecule has 5 aliphatic rings. The molecular weight excluding hydrogens is 1570 g/mol. The summed E-state index contributed by atoms with van der Waals surface area (Å²) in [5.74, 6) is -0.974. The largest absolute Gasteiger partial charge is 0.467 e. The van der Waals surface area contributed by atoms with Crippen LogP contribution in [-0.4, -0.2) is 150 Å². The molecule has 5 fully saturated rings. The van der Waals surface area contributed by atoms with E-state index in [1.807, 2.05) is 237 Å². The number of alkyl halides is 2. The Bertz CT molecular complexity index is 3970. The van der Waals surface area contributed by atoms with Crippen molar-refractivity contribution in [1.29, 1.82) is 0 Å². The number of esters is 3. The Hall–Kier alpha value is -9.12. The Balaban J connectivity index is 0.000000157. The Morgan fingerprint density at radius 2 is 0.598 bits per heavy atom. The van der Waals surface area contributed by atoms with Gasteiger partial charge < -0.3 is 43.1 Å². The number of nitrogens with zero attached hydrogens (tertiary/aromatic N) is 3. The molecule has 9 aromatic rings. The Morgan fingerprint density at radius 1 is 0.355 bits per heavy atom. The van der Waals surface area contributed by atoms with Crippen molar-refractivity contribution in [2.24, 2.45) is 11.8 Å². The standard InChI is InChI=1S/2C30H31NO4.C29H29NO4.CH2I2/c2*1-34-30(33)27-18-25(35-20-24-17-26(24)21-11-5-2-6-12-21)19-31(27)29(32)28(22-13-7-3-8-14-22)23-15-9-4-10-16-23;1-33-29(32)26-20-25(34-19-11-14-22-12-5-2-6-13-22)21-30(26)28(31)27(23-15-7-3-8-16-23)24-17-9-4-10-18-24;2-1-3/h2*2-16,24-28H,17-20H2,1H3;2-18,25-27H,19-21H2,1H3;1H2/b;;14-11-;/t24-,25+,26+,27+;24-,25-,26+,27-;25-,26-;/m100./s1. The quantitative estimate of drug-likeness (QED) is 0.0243. The van der Waals surface area contributed by atoms with E-state index in [1.165, 1.54) is 34.9 Å². The van der Waals surface area contributed by atoms with Crippen molar-refractivity contribution in [2.75, 3.05) is 63.2 Å². The van der Waals surface area contributed by atoms with Gasteiger partial charge in [0.2, 0.25) is 17.7 Å². The lowest BCUT2D eigenvalue weighted by molar-refractivity contribution is -0.151. The van der Waals surface area contributed by atoms with Crippen molar-refractivity contribution in [2.45, 2.75) is 98.1 Å². The number of benzene rings is 9. The van der Waals surface area contributed by atoms with Gasteiger partial charge in [0.1, 0.15) is 18.1 Å². The summed E-state index contributed by atoms with van der Waals surface area (Å²) in [7, 11) is 4.10. The number of rotatable bonds is 24. The van der Waals surface area contributed by atoms with Crippen molar-refractivity contribution < 1.29 is 57.2 Å². The molecule has 2 saturated carbocycles. The second-order valence-electron chi connectivity index (χ2n) is 27.4. The molecule has 3 amide bonds. The number of hydrogen-bond acceptors (Lipinski definition) is 12. The van der Waals surface area contributed by atoms with Crippen LogP contribution in [0.25, 0.3) is 6.08 Å². The summed E-state index contributed by atoms with van der Waals surface area (Å²) in [4.78, 5) is 84.8. The molecule has 0 N–H and O–H groups in total. The van der Waals surface area contributed by atoms with Crippen LogP contribution >= 0.6 is 45.2 Å². The number of amides is 3. The first-order chi connectivity index (χ1) is 52.4. The van der Waals surface area contributed by atoms with Crippen LogP contribution in [0.2, 0.25) is 0 Å². The van der Waals surface area contributed by atoms with Crippen LogP contribution in [0.1, 0.15) is 112 Å². The molecule has 0 aromatic heterocycles. The maximum Gasteiger partial charge on any atom is 0.328 e. The van der Waals surface area contributed by atoms with Crippen LogP contribution in [0.4, 0.5) is 0 Å². The fourth-order valence-electron chi connectivity index (χ4n) is 14.9. The summed E-state index contributed by atoms with van der Waals surface area (Å²) in [5.41, 5.74) is 9.18. The number of carbonyl (C=O) groups excluding carboxylic acids is 6. The zero-order valence-corrected chi connectivity index (χ0v) is 64.9. The van der Waals surface area contributed by atoms with Crippen LogP contribution in [0.15, 0.2) is 279 Å². The second-order valence-corrected chi connectivity index (χ2v) is 31.8. The molecule has 17 heteroatoms. The second kappa shape index (κ2) is 40.2. The van der Waals surface area contributed by atoms with E-state index in [1.54, 1.807) is 14.7 Å². The number of halogens is 2. The van der Waals surface area contributed by atoms with Gasteiger partial charge in [-0.15, -0.1) is 0 Å². The predicted octanol–water partition coefficient (Wildman–Crippen LogP) is 16.1. The summed E-state index contributed by atoms with van der Waals surface area (Å²) in [6.07, 6.45) is 6.87. The van der Waals surface area contributed by atoms with Gasteiger partial charge in [0, 0.05) is 38.9 Å². The first kappa shape index (κ1) is 78.9. The minimum atomic E-state index is -0.671. The summed E-state index contributed by atoms with van der Waals surface area (Å²) in [6.45, 7) is 2.79. The Morgan fingerprint density at radius 3 is 0.860 bits per heavy atom. The number of carbonyl (C=O) groups is 6. The van der Waals surface area contributed by atoms with E-state index < -0.39 is 53.8 Å². The highest BCUT2D eigenvalue weighted by atomic mass is 127. The fraction of sp³-hybridized carbons (Fsp3) is 0.311. The highest BCUT2D eigenvalue weighted by Crippen LogP contribution is 2.49. The molecule has 554 valence electrons. The van der Waals surface area contributed by atoms with Crippen LogP contribution in [0.3, 0.4) is 0 Å². The predicted molar refractivity (Wildman–Crippen MR) is 433 cm³/mol. The first-order valence-corrected chi connectivity index (χ1v) is 39.7. The summed E-state index contributed by atoms with van der Waals surface area (Å²) in [5, 5.41) is 0. The smallest absolute Gasteiger partial charge is 0.328 e. The highest BCUT2D eigenvalue weighted by molar-refractivity contribution is 14.2. The molecule has 0 unspecified atom stereocenters. The van der Waals surface area contributed by atoms with E-state index in [2.05, 4.69) is 93.7 Å². The Kier molecular flexibility index (Phi) is 29.6. The minimum absolute atomic E-state index is 0.0996. The summed E-state index contributed by atoms with van der Waals surface area (Å²) >= 11 is 4.55. The molecule has 0 spiro atoms. The third-order valence-electron chi connectivity index (χ3n) is 20.5. The van der Waals surface area contributed by atoms with Crippen molar-refractivity contribution in [3.8, 4) is 0 Å². The van der Waals surface area contributed by atoms with Gasteiger partial charge in [-0.2, -0.15) is 0 Å². The van der Waals surface area contributed by atoms with Gasteiger partial charge in [0.15, 0.2) is 0 Å². The molecule has 3 saturated heterocycles. The van der Waals surface area contributed by atoms with E-state index in [9.17, 15) is 28.8 Å². The van der Waals surface area contributed by atoms with E-state index in [0.717, 1.165) is 51.8 Å². The van der Waals surface area contributed by atoms with Crippen molar-refractivity contribution in [1.82, 2.24) is 14.7 Å². The summed E-state index contributed by atoms with van der Waals surface area (Å²) in [6, 6.07) is 87.3. The molecule has 0 radical (unpaired) electrons. The lowest BCUT2D eigenvalue weighted by atomic mass is 9.90. The van der Waals surface area contributed by atoms with Crippen LogP contribution in [0, 0.1) is 11.8 Å². The van der Waals surface area contributed by atoms with Gasteiger partial charge in [-0.3, -0.25) is 14.4 Å². The van der Waals surface area contributed by atoms with Gasteiger partial charge in [-0.1, -0.05) is 330 Å². The van der Waals surface area contributed by atoms with E-state index in [0.29, 0.717) is 82.4 Å². The fourth-order valence-corrected chi connectivity index (χ4v) is 14.9. The average molecular weight is 1660 g/mol.